The smallest absolute Gasteiger partial charge is 0.410 e. The third-order valence-electron chi connectivity index (χ3n) is 4.42. The number of benzene rings is 1. The summed E-state index contributed by atoms with van der Waals surface area (Å²) in [5, 5.41) is 13.2. The Labute approximate surface area is 160 Å². The van der Waals surface area contributed by atoms with E-state index in [1.54, 1.807) is 20.8 Å². The van der Waals surface area contributed by atoms with Crippen molar-refractivity contribution in [1.29, 1.82) is 0 Å². The van der Waals surface area contributed by atoms with Gasteiger partial charge in [0, 0.05) is 6.04 Å². The van der Waals surface area contributed by atoms with Crippen LogP contribution >= 0.6 is 0 Å². The number of likely N-dealkylation sites (tertiary alicyclic amines) is 1. The molecule has 0 aromatic heterocycles. The van der Waals surface area contributed by atoms with Crippen LogP contribution in [-0.4, -0.2) is 52.5 Å². The Balaban J connectivity index is 1.92. The van der Waals surface area contributed by atoms with Gasteiger partial charge in [-0.3, -0.25) is 0 Å². The standard InChI is InChI=1S/C20H30N2O5/c1-14-10-11-16(21-18(24)27-20(2,3)4)17(23)12-22(14)19(25)26-13-15-8-6-5-7-9-15/h5-9,14,16-17,23H,10-13H2,1-4H3,(H,21,24)/t14-,16?,17-/m1/s1. The van der Waals surface area contributed by atoms with Gasteiger partial charge in [0.05, 0.1) is 18.7 Å². The minimum Gasteiger partial charge on any atom is -0.445 e. The van der Waals surface area contributed by atoms with Gasteiger partial charge in [-0.2, -0.15) is 0 Å². The maximum atomic E-state index is 12.5. The summed E-state index contributed by atoms with van der Waals surface area (Å²) in [6.07, 6.45) is -0.753. The second-order valence-corrected chi connectivity index (χ2v) is 7.94. The molecule has 1 aliphatic rings. The first-order valence-corrected chi connectivity index (χ1v) is 9.30. The number of β-amino-alcohol motifs (C(OH)–C–C–N with tert-alkyl or cyclic N) is 1. The lowest BCUT2D eigenvalue weighted by molar-refractivity contribution is 0.0363. The molecular weight excluding hydrogens is 348 g/mol. The van der Waals surface area contributed by atoms with Gasteiger partial charge in [0.25, 0.3) is 0 Å². The molecule has 2 rings (SSSR count). The largest absolute Gasteiger partial charge is 0.445 e. The summed E-state index contributed by atoms with van der Waals surface area (Å²) in [5.74, 6) is 0. The number of hydrogen-bond acceptors (Lipinski definition) is 5. The number of amides is 2. The summed E-state index contributed by atoms with van der Waals surface area (Å²) in [4.78, 5) is 26.0. The zero-order valence-corrected chi connectivity index (χ0v) is 16.5. The van der Waals surface area contributed by atoms with Gasteiger partial charge in [0.15, 0.2) is 0 Å². The molecule has 0 bridgehead atoms. The summed E-state index contributed by atoms with van der Waals surface area (Å²) in [5.41, 5.74) is 0.290. The highest BCUT2D eigenvalue weighted by Crippen LogP contribution is 2.20. The first-order valence-electron chi connectivity index (χ1n) is 9.30. The van der Waals surface area contributed by atoms with Gasteiger partial charge in [-0.05, 0) is 46.1 Å². The lowest BCUT2D eigenvalue weighted by atomic mass is 10.1. The van der Waals surface area contributed by atoms with Crippen molar-refractivity contribution in [2.45, 2.75) is 70.9 Å². The van der Waals surface area contributed by atoms with E-state index >= 15 is 0 Å². The fraction of sp³-hybridized carbons (Fsp3) is 0.600. The molecule has 7 heteroatoms. The Bertz CT molecular complexity index is 629. The van der Waals surface area contributed by atoms with Crippen LogP contribution in [-0.2, 0) is 16.1 Å². The lowest BCUT2D eigenvalue weighted by Gasteiger charge is -2.28. The van der Waals surface area contributed by atoms with Crippen LogP contribution in [0.25, 0.3) is 0 Å². The highest BCUT2D eigenvalue weighted by atomic mass is 16.6. The van der Waals surface area contributed by atoms with E-state index in [-0.39, 0.29) is 19.2 Å². The van der Waals surface area contributed by atoms with Gasteiger partial charge in [-0.25, -0.2) is 9.59 Å². The van der Waals surface area contributed by atoms with E-state index < -0.39 is 29.9 Å². The predicted molar refractivity (Wildman–Crippen MR) is 101 cm³/mol. The van der Waals surface area contributed by atoms with E-state index in [0.29, 0.717) is 12.8 Å². The van der Waals surface area contributed by atoms with E-state index in [9.17, 15) is 14.7 Å². The molecular formula is C20H30N2O5. The second kappa shape index (κ2) is 9.08. The number of aliphatic hydroxyl groups excluding tert-OH is 1. The Hall–Kier alpha value is -2.28. The zero-order valence-electron chi connectivity index (χ0n) is 16.5. The van der Waals surface area contributed by atoms with E-state index in [2.05, 4.69) is 5.32 Å². The van der Waals surface area contributed by atoms with Gasteiger partial charge < -0.3 is 24.8 Å². The fourth-order valence-electron chi connectivity index (χ4n) is 2.96. The van der Waals surface area contributed by atoms with E-state index in [1.165, 1.54) is 4.90 Å². The van der Waals surface area contributed by atoms with Crippen molar-refractivity contribution in [3.8, 4) is 0 Å². The van der Waals surface area contributed by atoms with Crippen molar-refractivity contribution >= 4 is 12.2 Å². The molecule has 150 valence electrons. The van der Waals surface area contributed by atoms with Crippen LogP contribution < -0.4 is 5.32 Å². The third kappa shape index (κ3) is 6.75. The third-order valence-corrected chi connectivity index (χ3v) is 4.42. The zero-order chi connectivity index (χ0) is 20.0. The SMILES string of the molecule is C[C@@H]1CCC(NC(=O)OC(C)(C)C)[C@H](O)CN1C(=O)OCc1ccccc1. The first-order chi connectivity index (χ1) is 12.7. The molecule has 0 saturated carbocycles. The summed E-state index contributed by atoms with van der Waals surface area (Å²) >= 11 is 0. The fourth-order valence-corrected chi connectivity index (χ4v) is 2.96. The van der Waals surface area contributed by atoms with Gasteiger partial charge in [-0.1, -0.05) is 30.3 Å². The summed E-state index contributed by atoms with van der Waals surface area (Å²) in [6.45, 7) is 7.52. The maximum absolute atomic E-state index is 12.5. The summed E-state index contributed by atoms with van der Waals surface area (Å²) < 4.78 is 10.6. The number of nitrogens with zero attached hydrogens (tertiary/aromatic N) is 1. The van der Waals surface area contributed by atoms with Crippen molar-refractivity contribution in [1.82, 2.24) is 10.2 Å². The minimum atomic E-state index is -0.897. The number of nitrogens with one attached hydrogen (secondary N) is 1. The normalized spacial score (nSPS) is 23.3. The second-order valence-electron chi connectivity index (χ2n) is 7.94. The monoisotopic (exact) mass is 378 g/mol. The van der Waals surface area contributed by atoms with Crippen LogP contribution in [0.4, 0.5) is 9.59 Å². The van der Waals surface area contributed by atoms with Crippen LogP contribution in [0.2, 0.25) is 0 Å². The molecule has 0 radical (unpaired) electrons. The van der Waals surface area contributed by atoms with Gasteiger partial charge in [0.2, 0.25) is 0 Å². The van der Waals surface area contributed by atoms with Gasteiger partial charge in [-0.15, -0.1) is 0 Å². The molecule has 1 fully saturated rings. The topological polar surface area (TPSA) is 88.1 Å². The van der Waals surface area contributed by atoms with Crippen molar-refractivity contribution in [3.63, 3.8) is 0 Å². The Kier molecular flexibility index (Phi) is 7.07. The van der Waals surface area contributed by atoms with E-state index in [0.717, 1.165) is 5.56 Å². The van der Waals surface area contributed by atoms with Crippen LogP contribution in [0.3, 0.4) is 0 Å². The summed E-state index contributed by atoms with van der Waals surface area (Å²) in [6, 6.07) is 8.85. The number of rotatable bonds is 3. The Morgan fingerprint density at radius 1 is 1.22 bits per heavy atom. The molecule has 7 nitrogen and oxygen atoms in total. The van der Waals surface area contributed by atoms with Gasteiger partial charge in [0.1, 0.15) is 12.2 Å². The number of alkyl carbamates (subject to hydrolysis) is 1. The highest BCUT2D eigenvalue weighted by Gasteiger charge is 2.34. The molecule has 1 aliphatic heterocycles. The Morgan fingerprint density at radius 2 is 1.89 bits per heavy atom. The number of carbonyl (C=O) groups is 2. The number of aliphatic hydroxyl groups is 1. The van der Waals surface area contributed by atoms with E-state index in [1.807, 2.05) is 37.3 Å². The molecule has 0 aliphatic carbocycles. The minimum absolute atomic E-state index is 0.0925. The Morgan fingerprint density at radius 3 is 2.52 bits per heavy atom. The van der Waals surface area contributed by atoms with Gasteiger partial charge >= 0.3 is 12.2 Å². The van der Waals surface area contributed by atoms with Crippen LogP contribution in [0.1, 0.15) is 46.1 Å². The molecule has 2 N–H and O–H groups in total. The number of hydrogen-bond donors (Lipinski definition) is 2. The quantitative estimate of drug-likeness (QED) is 0.844. The molecule has 1 aromatic rings. The predicted octanol–water partition coefficient (Wildman–Crippen LogP) is 3.06. The maximum Gasteiger partial charge on any atom is 0.410 e. The molecule has 1 unspecified atom stereocenters. The van der Waals surface area contributed by atoms with E-state index in [4.69, 9.17) is 9.47 Å². The number of ether oxygens (including phenoxy) is 2. The average molecular weight is 378 g/mol. The van der Waals surface area contributed by atoms with Crippen LogP contribution in [0.5, 0.6) is 0 Å². The molecule has 27 heavy (non-hydrogen) atoms. The average Bonchev–Trinajstić information content (AvgIpc) is 2.72. The summed E-state index contributed by atoms with van der Waals surface area (Å²) in [7, 11) is 0. The lowest BCUT2D eigenvalue weighted by Crippen LogP contribution is -2.49. The van der Waals surface area contributed by atoms with Crippen molar-refractivity contribution < 1.29 is 24.2 Å². The van der Waals surface area contributed by atoms with Crippen LogP contribution in [0.15, 0.2) is 30.3 Å². The van der Waals surface area contributed by atoms with Crippen LogP contribution in [0, 0.1) is 0 Å². The number of carbonyl (C=O) groups excluding carboxylic acids is 2. The molecule has 3 atom stereocenters. The first kappa shape index (κ1) is 21.0. The molecule has 1 heterocycles. The molecule has 0 spiro atoms. The molecule has 1 saturated heterocycles. The molecule has 2 amide bonds. The highest BCUT2D eigenvalue weighted by molar-refractivity contribution is 5.69. The van der Waals surface area contributed by atoms with Crippen molar-refractivity contribution in [2.24, 2.45) is 0 Å². The molecule has 1 aromatic carbocycles. The van der Waals surface area contributed by atoms with Crippen molar-refractivity contribution in [2.75, 3.05) is 6.54 Å². The van der Waals surface area contributed by atoms with Crippen molar-refractivity contribution in [3.05, 3.63) is 35.9 Å².